The predicted octanol–water partition coefficient (Wildman–Crippen LogP) is 1.11. The van der Waals surface area contributed by atoms with E-state index >= 15 is 0 Å². The number of benzene rings is 2. The maximum absolute atomic E-state index is 13.0. The number of para-hydroxylation sites is 1. The lowest BCUT2D eigenvalue weighted by Gasteiger charge is -2.23. The highest BCUT2D eigenvalue weighted by Crippen LogP contribution is 2.16. The van der Waals surface area contributed by atoms with Crippen LogP contribution >= 0.6 is 0 Å². The number of halogens is 1. The minimum Gasteiger partial charge on any atom is -0.370 e. The van der Waals surface area contributed by atoms with E-state index in [9.17, 15) is 14.0 Å². The standard InChI is InChI=1S/C21H24FN3O3/c22-17-8-6-16(7-9-17)20(26)24-19-5-2-1-4-18(19)21(27)23-10-3-11-25-12-14-28-15-13-25/h1-2,4-9H,3,10-15H2,(H,23,27)(H,24,26)/p+1. The number of quaternary nitrogens is 1. The van der Waals surface area contributed by atoms with Gasteiger partial charge in [0.25, 0.3) is 11.8 Å². The first kappa shape index (κ1) is 20.0. The monoisotopic (exact) mass is 386 g/mol. The van der Waals surface area contributed by atoms with E-state index < -0.39 is 11.7 Å². The second kappa shape index (κ2) is 9.96. The zero-order valence-corrected chi connectivity index (χ0v) is 15.7. The molecule has 3 N–H and O–H groups in total. The molecule has 0 aliphatic carbocycles. The van der Waals surface area contributed by atoms with Crippen LogP contribution in [0.25, 0.3) is 0 Å². The van der Waals surface area contributed by atoms with Crippen molar-refractivity contribution in [3.05, 3.63) is 65.5 Å². The average molecular weight is 386 g/mol. The fraction of sp³-hybridized carbons (Fsp3) is 0.333. The molecule has 7 heteroatoms. The number of morpholine rings is 1. The lowest BCUT2D eigenvalue weighted by Crippen LogP contribution is -3.14. The molecule has 0 radical (unpaired) electrons. The Labute approximate surface area is 163 Å². The largest absolute Gasteiger partial charge is 0.370 e. The van der Waals surface area contributed by atoms with Crippen LogP contribution in [-0.2, 0) is 4.74 Å². The van der Waals surface area contributed by atoms with Crippen LogP contribution in [0.2, 0.25) is 0 Å². The molecule has 3 rings (SSSR count). The fourth-order valence-electron chi connectivity index (χ4n) is 3.13. The van der Waals surface area contributed by atoms with E-state index in [1.54, 1.807) is 24.3 Å². The van der Waals surface area contributed by atoms with E-state index in [0.717, 1.165) is 39.3 Å². The molecule has 0 aromatic heterocycles. The number of ether oxygens (including phenoxy) is 1. The number of hydrogen-bond donors (Lipinski definition) is 3. The van der Waals surface area contributed by atoms with Gasteiger partial charge in [-0.25, -0.2) is 4.39 Å². The van der Waals surface area contributed by atoms with E-state index in [1.807, 2.05) is 0 Å². The van der Waals surface area contributed by atoms with Crippen molar-refractivity contribution in [2.75, 3.05) is 44.7 Å². The molecular weight excluding hydrogens is 361 g/mol. The Balaban J connectivity index is 1.54. The van der Waals surface area contributed by atoms with E-state index in [-0.39, 0.29) is 5.91 Å². The Morgan fingerprint density at radius 2 is 1.71 bits per heavy atom. The summed E-state index contributed by atoms with van der Waals surface area (Å²) in [7, 11) is 0. The number of anilines is 1. The maximum atomic E-state index is 13.0. The summed E-state index contributed by atoms with van der Waals surface area (Å²) in [5.74, 6) is -1.03. The van der Waals surface area contributed by atoms with Crippen molar-refractivity contribution in [2.24, 2.45) is 0 Å². The highest BCUT2D eigenvalue weighted by Gasteiger charge is 2.15. The summed E-state index contributed by atoms with van der Waals surface area (Å²) in [6.45, 7) is 5.17. The third kappa shape index (κ3) is 5.61. The van der Waals surface area contributed by atoms with Crippen molar-refractivity contribution >= 4 is 17.5 Å². The summed E-state index contributed by atoms with van der Waals surface area (Å²) in [6.07, 6.45) is 0.880. The first-order chi connectivity index (χ1) is 13.6. The summed E-state index contributed by atoms with van der Waals surface area (Å²) in [4.78, 5) is 26.4. The lowest BCUT2D eigenvalue weighted by molar-refractivity contribution is -0.908. The van der Waals surface area contributed by atoms with E-state index in [1.165, 1.54) is 29.2 Å². The lowest BCUT2D eigenvalue weighted by atomic mass is 10.1. The van der Waals surface area contributed by atoms with Gasteiger partial charge in [0.1, 0.15) is 18.9 Å². The van der Waals surface area contributed by atoms with Crippen LogP contribution in [0.1, 0.15) is 27.1 Å². The molecule has 28 heavy (non-hydrogen) atoms. The molecule has 1 aliphatic rings. The molecule has 1 aliphatic heterocycles. The van der Waals surface area contributed by atoms with Crippen molar-refractivity contribution in [1.82, 2.24) is 5.32 Å². The van der Waals surface area contributed by atoms with Crippen LogP contribution < -0.4 is 15.5 Å². The van der Waals surface area contributed by atoms with E-state index in [0.29, 0.717) is 23.4 Å². The van der Waals surface area contributed by atoms with E-state index in [2.05, 4.69) is 10.6 Å². The van der Waals surface area contributed by atoms with Gasteiger partial charge in [0.15, 0.2) is 0 Å². The predicted molar refractivity (Wildman–Crippen MR) is 104 cm³/mol. The van der Waals surface area contributed by atoms with Crippen LogP contribution in [-0.4, -0.2) is 51.2 Å². The van der Waals surface area contributed by atoms with Gasteiger partial charge < -0.3 is 20.3 Å². The van der Waals surface area contributed by atoms with Gasteiger partial charge in [-0.3, -0.25) is 9.59 Å². The van der Waals surface area contributed by atoms with Crippen LogP contribution in [0.15, 0.2) is 48.5 Å². The molecule has 0 spiro atoms. The molecule has 1 fully saturated rings. The van der Waals surface area contributed by atoms with Crippen molar-refractivity contribution in [1.29, 1.82) is 0 Å². The Kier molecular flexibility index (Phi) is 7.11. The van der Waals surface area contributed by atoms with E-state index in [4.69, 9.17) is 4.74 Å². The highest BCUT2D eigenvalue weighted by atomic mass is 19.1. The summed E-state index contributed by atoms with van der Waals surface area (Å²) < 4.78 is 18.4. The molecule has 0 unspecified atom stereocenters. The number of rotatable bonds is 7. The third-order valence-corrected chi connectivity index (χ3v) is 4.72. The van der Waals surface area contributed by atoms with Gasteiger partial charge in [-0.05, 0) is 36.4 Å². The van der Waals surface area contributed by atoms with Crippen LogP contribution in [0.5, 0.6) is 0 Å². The van der Waals surface area contributed by atoms with Gasteiger partial charge >= 0.3 is 0 Å². The molecule has 1 saturated heterocycles. The molecular formula is C21H25FN3O3+. The Bertz CT molecular complexity index is 805. The van der Waals surface area contributed by atoms with Crippen molar-refractivity contribution in [2.45, 2.75) is 6.42 Å². The highest BCUT2D eigenvalue weighted by molar-refractivity contribution is 6.08. The normalized spacial score (nSPS) is 14.5. The SMILES string of the molecule is O=C(Nc1ccccc1C(=O)NCCC[NH+]1CCOCC1)c1ccc(F)cc1. The summed E-state index contributed by atoms with van der Waals surface area (Å²) in [5.41, 5.74) is 1.15. The molecule has 2 aromatic carbocycles. The minimum atomic E-state index is -0.407. The summed E-state index contributed by atoms with van der Waals surface area (Å²) in [6, 6.07) is 12.1. The van der Waals surface area contributed by atoms with Gasteiger partial charge in [-0.15, -0.1) is 0 Å². The molecule has 1 heterocycles. The summed E-state index contributed by atoms with van der Waals surface area (Å²) in [5, 5.41) is 5.64. The molecule has 0 atom stereocenters. The zero-order chi connectivity index (χ0) is 19.8. The Morgan fingerprint density at radius 3 is 2.46 bits per heavy atom. The zero-order valence-electron chi connectivity index (χ0n) is 15.7. The smallest absolute Gasteiger partial charge is 0.255 e. The topological polar surface area (TPSA) is 71.9 Å². The Morgan fingerprint density at radius 1 is 1.00 bits per heavy atom. The molecule has 0 bridgehead atoms. The van der Waals surface area contributed by atoms with Crippen molar-refractivity contribution in [3.8, 4) is 0 Å². The van der Waals surface area contributed by atoms with Gasteiger partial charge in [0.2, 0.25) is 0 Å². The second-order valence-electron chi connectivity index (χ2n) is 6.73. The molecule has 6 nitrogen and oxygen atoms in total. The number of carbonyl (C=O) groups is 2. The van der Waals surface area contributed by atoms with Gasteiger partial charge in [0, 0.05) is 18.5 Å². The first-order valence-corrected chi connectivity index (χ1v) is 9.49. The second-order valence-corrected chi connectivity index (χ2v) is 6.73. The van der Waals surface area contributed by atoms with Gasteiger partial charge in [0.05, 0.1) is 31.0 Å². The number of amides is 2. The van der Waals surface area contributed by atoms with Crippen LogP contribution in [0.3, 0.4) is 0 Å². The Hall–Kier alpha value is -2.77. The molecule has 2 aromatic rings. The average Bonchev–Trinajstić information content (AvgIpc) is 2.72. The number of hydrogen-bond acceptors (Lipinski definition) is 3. The molecule has 2 amide bonds. The maximum Gasteiger partial charge on any atom is 0.255 e. The van der Waals surface area contributed by atoms with Crippen molar-refractivity contribution in [3.63, 3.8) is 0 Å². The van der Waals surface area contributed by atoms with Crippen LogP contribution in [0.4, 0.5) is 10.1 Å². The number of nitrogens with one attached hydrogen (secondary N) is 3. The number of carbonyl (C=O) groups excluding carboxylic acids is 2. The molecule has 148 valence electrons. The fourth-order valence-corrected chi connectivity index (χ4v) is 3.13. The quantitative estimate of drug-likeness (QED) is 0.625. The van der Waals surface area contributed by atoms with Crippen LogP contribution in [0, 0.1) is 5.82 Å². The minimum absolute atomic E-state index is 0.230. The van der Waals surface area contributed by atoms with Gasteiger partial charge in [-0.1, -0.05) is 12.1 Å². The first-order valence-electron chi connectivity index (χ1n) is 9.49. The van der Waals surface area contributed by atoms with Crippen molar-refractivity contribution < 1.29 is 23.6 Å². The van der Waals surface area contributed by atoms with Gasteiger partial charge in [-0.2, -0.15) is 0 Å². The molecule has 0 saturated carbocycles. The third-order valence-electron chi connectivity index (χ3n) is 4.72. The summed E-state index contributed by atoms with van der Waals surface area (Å²) >= 11 is 0.